The molecule has 0 fully saturated rings. The highest BCUT2D eigenvalue weighted by molar-refractivity contribution is 7.90. The molecule has 0 aliphatic carbocycles. The highest BCUT2D eigenvalue weighted by atomic mass is 32.2. The zero-order valence-electron chi connectivity index (χ0n) is 11.2. The van der Waals surface area contributed by atoms with Gasteiger partial charge in [0.05, 0.1) is 11.8 Å². The van der Waals surface area contributed by atoms with Crippen LogP contribution in [-0.2, 0) is 21.1 Å². The summed E-state index contributed by atoms with van der Waals surface area (Å²) in [6.07, 6.45) is 1.82. The predicted octanol–water partition coefficient (Wildman–Crippen LogP) is 0.477. The van der Waals surface area contributed by atoms with Gasteiger partial charge >= 0.3 is 0 Å². The van der Waals surface area contributed by atoms with Crippen molar-refractivity contribution in [1.82, 2.24) is 0 Å². The molecule has 1 aliphatic heterocycles. The molecular formula is C13H17FN2O3S. The van der Waals surface area contributed by atoms with Crippen LogP contribution in [0.5, 0.6) is 0 Å². The van der Waals surface area contributed by atoms with E-state index >= 15 is 0 Å². The monoisotopic (exact) mass is 300 g/mol. The number of benzene rings is 1. The lowest BCUT2D eigenvalue weighted by Crippen LogP contribution is -2.44. The molecule has 0 radical (unpaired) electrons. The first-order valence-corrected chi connectivity index (χ1v) is 8.37. The third-order valence-electron chi connectivity index (χ3n) is 3.33. The third-order valence-corrected chi connectivity index (χ3v) is 4.30. The molecule has 110 valence electrons. The molecule has 1 atom stereocenters. The number of anilines is 1. The molecule has 1 aromatic rings. The van der Waals surface area contributed by atoms with Gasteiger partial charge in [0, 0.05) is 18.5 Å². The number of rotatable bonds is 4. The molecule has 1 heterocycles. The smallest absolute Gasteiger partial charge is 0.243 e. The predicted molar refractivity (Wildman–Crippen MR) is 74.8 cm³/mol. The van der Waals surface area contributed by atoms with Crippen LogP contribution in [-0.4, -0.2) is 38.9 Å². The summed E-state index contributed by atoms with van der Waals surface area (Å²) in [5.41, 5.74) is 7.18. The lowest BCUT2D eigenvalue weighted by atomic mass is 10.1. The molecule has 1 amide bonds. The van der Waals surface area contributed by atoms with Gasteiger partial charge in [0.1, 0.15) is 15.7 Å². The average molecular weight is 300 g/mol. The first-order chi connectivity index (χ1) is 9.28. The first kappa shape index (κ1) is 14.9. The minimum absolute atomic E-state index is 0.0683. The Labute approximate surface area is 117 Å². The molecule has 5 nitrogen and oxygen atoms in total. The Morgan fingerprint density at radius 2 is 2.20 bits per heavy atom. The maximum absolute atomic E-state index is 13.3. The Kier molecular flexibility index (Phi) is 4.10. The van der Waals surface area contributed by atoms with Crippen LogP contribution in [0, 0.1) is 5.82 Å². The summed E-state index contributed by atoms with van der Waals surface area (Å²) < 4.78 is 35.4. The van der Waals surface area contributed by atoms with E-state index < -0.39 is 21.7 Å². The molecule has 0 saturated heterocycles. The van der Waals surface area contributed by atoms with Gasteiger partial charge in [-0.3, -0.25) is 4.79 Å². The Morgan fingerprint density at radius 3 is 2.85 bits per heavy atom. The second-order valence-electron chi connectivity index (χ2n) is 5.04. The van der Waals surface area contributed by atoms with Crippen LogP contribution in [0.25, 0.3) is 0 Å². The van der Waals surface area contributed by atoms with Crippen LogP contribution in [0.2, 0.25) is 0 Å². The second-order valence-corrected chi connectivity index (χ2v) is 7.30. The van der Waals surface area contributed by atoms with Crippen LogP contribution in [0.15, 0.2) is 18.2 Å². The van der Waals surface area contributed by atoms with E-state index in [0.29, 0.717) is 18.7 Å². The van der Waals surface area contributed by atoms with Gasteiger partial charge in [-0.25, -0.2) is 12.8 Å². The third kappa shape index (κ3) is 3.34. The van der Waals surface area contributed by atoms with Gasteiger partial charge in [-0.2, -0.15) is 0 Å². The number of amides is 1. The van der Waals surface area contributed by atoms with Gasteiger partial charge in [0.25, 0.3) is 0 Å². The van der Waals surface area contributed by atoms with E-state index in [-0.39, 0.29) is 18.1 Å². The Bertz CT molecular complexity index is 631. The number of sulfone groups is 1. The van der Waals surface area contributed by atoms with Crippen molar-refractivity contribution in [3.8, 4) is 0 Å². The summed E-state index contributed by atoms with van der Waals surface area (Å²) in [7, 11) is -3.15. The topological polar surface area (TPSA) is 80.5 Å². The molecule has 1 unspecified atom stereocenters. The number of fused-ring (bicyclic) bond motifs is 1. The van der Waals surface area contributed by atoms with Crippen molar-refractivity contribution in [3.05, 3.63) is 29.6 Å². The van der Waals surface area contributed by atoms with E-state index in [1.165, 1.54) is 17.0 Å². The van der Waals surface area contributed by atoms with Crippen LogP contribution in [0.3, 0.4) is 0 Å². The highest BCUT2D eigenvalue weighted by Crippen LogP contribution is 2.29. The number of carbonyl (C=O) groups is 1. The first-order valence-electron chi connectivity index (χ1n) is 6.31. The SMILES string of the molecule is CS(=O)(=O)CCC(N)C(=O)N1CCc2ccc(F)cc21. The van der Waals surface area contributed by atoms with E-state index in [1.807, 2.05) is 0 Å². The Hall–Kier alpha value is -1.47. The minimum Gasteiger partial charge on any atom is -0.320 e. The highest BCUT2D eigenvalue weighted by Gasteiger charge is 2.29. The fourth-order valence-electron chi connectivity index (χ4n) is 2.25. The molecule has 20 heavy (non-hydrogen) atoms. The van der Waals surface area contributed by atoms with E-state index in [4.69, 9.17) is 5.73 Å². The van der Waals surface area contributed by atoms with Crippen molar-refractivity contribution < 1.29 is 17.6 Å². The summed E-state index contributed by atoms with van der Waals surface area (Å²) in [4.78, 5) is 13.7. The molecule has 0 bridgehead atoms. The van der Waals surface area contributed by atoms with E-state index in [2.05, 4.69) is 0 Å². The van der Waals surface area contributed by atoms with Crippen molar-refractivity contribution in [2.75, 3.05) is 23.5 Å². The zero-order valence-corrected chi connectivity index (χ0v) is 12.0. The maximum Gasteiger partial charge on any atom is 0.243 e. The Morgan fingerprint density at radius 1 is 1.50 bits per heavy atom. The lowest BCUT2D eigenvalue weighted by molar-refractivity contribution is -0.119. The van der Waals surface area contributed by atoms with Crippen molar-refractivity contribution in [2.45, 2.75) is 18.9 Å². The number of halogens is 1. The molecule has 2 N–H and O–H groups in total. The number of hydrogen-bond donors (Lipinski definition) is 1. The summed E-state index contributed by atoms with van der Waals surface area (Å²) in [6, 6.07) is 3.43. The summed E-state index contributed by atoms with van der Waals surface area (Å²) in [6.45, 7) is 0.449. The maximum atomic E-state index is 13.3. The molecule has 7 heteroatoms. The molecule has 0 saturated carbocycles. The van der Waals surface area contributed by atoms with Crippen molar-refractivity contribution in [2.24, 2.45) is 5.73 Å². The molecular weight excluding hydrogens is 283 g/mol. The summed E-state index contributed by atoms with van der Waals surface area (Å²) >= 11 is 0. The number of nitrogens with two attached hydrogens (primary N) is 1. The number of carbonyl (C=O) groups excluding carboxylic acids is 1. The zero-order chi connectivity index (χ0) is 14.9. The minimum atomic E-state index is -3.15. The van der Waals surface area contributed by atoms with E-state index in [0.717, 1.165) is 11.8 Å². The second kappa shape index (κ2) is 5.49. The average Bonchev–Trinajstić information content (AvgIpc) is 2.77. The van der Waals surface area contributed by atoms with Crippen molar-refractivity contribution in [1.29, 1.82) is 0 Å². The fourth-order valence-corrected chi connectivity index (χ4v) is 2.93. The number of nitrogens with zero attached hydrogens (tertiary/aromatic N) is 1. The quantitative estimate of drug-likeness (QED) is 0.877. The molecule has 0 spiro atoms. The van der Waals surface area contributed by atoms with Crippen LogP contribution < -0.4 is 10.6 Å². The van der Waals surface area contributed by atoms with Crippen LogP contribution in [0.1, 0.15) is 12.0 Å². The lowest BCUT2D eigenvalue weighted by Gasteiger charge is -2.21. The van der Waals surface area contributed by atoms with Crippen LogP contribution >= 0.6 is 0 Å². The van der Waals surface area contributed by atoms with Gasteiger partial charge in [0.15, 0.2) is 0 Å². The molecule has 0 aromatic heterocycles. The van der Waals surface area contributed by atoms with Crippen molar-refractivity contribution >= 4 is 21.4 Å². The van der Waals surface area contributed by atoms with E-state index in [9.17, 15) is 17.6 Å². The van der Waals surface area contributed by atoms with Gasteiger partial charge in [0.2, 0.25) is 5.91 Å². The summed E-state index contributed by atoms with van der Waals surface area (Å²) in [5.74, 6) is -0.907. The van der Waals surface area contributed by atoms with Gasteiger partial charge in [-0.1, -0.05) is 6.07 Å². The molecule has 2 rings (SSSR count). The van der Waals surface area contributed by atoms with Crippen LogP contribution in [0.4, 0.5) is 10.1 Å². The number of hydrogen-bond acceptors (Lipinski definition) is 4. The molecule has 1 aromatic carbocycles. The standard InChI is InChI=1S/C13H17FN2O3S/c1-20(18,19)7-5-11(15)13(17)16-6-4-9-2-3-10(14)8-12(9)16/h2-3,8,11H,4-7,15H2,1H3. The van der Waals surface area contributed by atoms with Gasteiger partial charge in [-0.15, -0.1) is 0 Å². The van der Waals surface area contributed by atoms with Gasteiger partial charge < -0.3 is 10.6 Å². The Balaban J connectivity index is 2.10. The largest absolute Gasteiger partial charge is 0.320 e. The van der Waals surface area contributed by atoms with Gasteiger partial charge in [-0.05, 0) is 30.5 Å². The molecule has 1 aliphatic rings. The van der Waals surface area contributed by atoms with Crippen molar-refractivity contribution in [3.63, 3.8) is 0 Å². The van der Waals surface area contributed by atoms with E-state index in [1.54, 1.807) is 6.07 Å². The normalized spacial score (nSPS) is 16.1. The fraction of sp³-hybridized carbons (Fsp3) is 0.462. The summed E-state index contributed by atoms with van der Waals surface area (Å²) in [5, 5.41) is 0.